The normalized spacial score (nSPS) is 10.8. The summed E-state index contributed by atoms with van der Waals surface area (Å²) in [7, 11) is 0. The number of hydrogen-bond acceptors (Lipinski definition) is 3. The number of carbonyl (C=O) groups is 1. The lowest BCUT2D eigenvalue weighted by Gasteiger charge is -2.11. The van der Waals surface area contributed by atoms with Crippen molar-refractivity contribution < 1.29 is 23.4 Å². The molecule has 0 aliphatic heterocycles. The monoisotopic (exact) mass is 395 g/mol. The molecule has 0 fully saturated rings. The summed E-state index contributed by atoms with van der Waals surface area (Å²) in [6.45, 7) is -2.85. The zero-order valence-electron chi connectivity index (χ0n) is 11.8. The van der Waals surface area contributed by atoms with Gasteiger partial charge in [0.25, 0.3) is 5.91 Å². The van der Waals surface area contributed by atoms with Crippen molar-refractivity contribution in [3.05, 3.63) is 56.5 Å². The Morgan fingerprint density at radius 2 is 1.79 bits per heavy atom. The van der Waals surface area contributed by atoms with Crippen LogP contribution in [0.15, 0.2) is 30.3 Å². The van der Waals surface area contributed by atoms with Gasteiger partial charge in [-0.2, -0.15) is 8.78 Å². The summed E-state index contributed by atoms with van der Waals surface area (Å²) in [5.41, 5.74) is 0.375. The molecule has 4 nitrogen and oxygen atoms in total. The number of alkyl halides is 2. The third-order valence-electron chi connectivity index (χ3n) is 2.97. The van der Waals surface area contributed by atoms with Crippen LogP contribution in [0, 0.1) is 0 Å². The van der Waals surface area contributed by atoms with Crippen LogP contribution >= 0.6 is 34.8 Å². The molecule has 0 bridgehead atoms. The Kier molecular flexibility index (Phi) is 6.10. The van der Waals surface area contributed by atoms with Crippen LogP contribution in [-0.4, -0.2) is 17.6 Å². The van der Waals surface area contributed by atoms with Crippen LogP contribution in [0.1, 0.15) is 15.9 Å². The standard InChI is InChI=1S/C15H10Cl3F2NO3/c16-9-5-10(17)13(22)11(12(9)18)14(23)21-6-7-1-3-8(4-2-7)24-15(19)20/h1-5,15,22H,6H2,(H,21,23). The molecule has 2 rings (SSSR count). The molecule has 0 atom stereocenters. The maximum atomic E-state index is 12.2. The molecule has 1 amide bonds. The quantitative estimate of drug-likeness (QED) is 0.708. The Balaban J connectivity index is 2.09. The van der Waals surface area contributed by atoms with Gasteiger partial charge in [0.05, 0.1) is 15.1 Å². The number of amides is 1. The number of phenolic OH excluding ortho intramolecular Hbond substituents is 1. The Morgan fingerprint density at radius 1 is 1.17 bits per heavy atom. The predicted molar refractivity (Wildman–Crippen MR) is 87.4 cm³/mol. The average Bonchev–Trinajstić information content (AvgIpc) is 2.52. The van der Waals surface area contributed by atoms with Gasteiger partial charge in [0.2, 0.25) is 0 Å². The zero-order valence-corrected chi connectivity index (χ0v) is 14.1. The lowest BCUT2D eigenvalue weighted by Crippen LogP contribution is -2.23. The second-order valence-electron chi connectivity index (χ2n) is 4.58. The highest BCUT2D eigenvalue weighted by Gasteiger charge is 2.21. The molecule has 24 heavy (non-hydrogen) atoms. The number of rotatable bonds is 5. The van der Waals surface area contributed by atoms with E-state index in [1.807, 2.05) is 0 Å². The van der Waals surface area contributed by atoms with Gasteiger partial charge in [-0.3, -0.25) is 4.79 Å². The fourth-order valence-corrected chi connectivity index (χ4v) is 2.55. The summed E-state index contributed by atoms with van der Waals surface area (Å²) in [6.07, 6.45) is 0. The van der Waals surface area contributed by atoms with E-state index < -0.39 is 18.3 Å². The van der Waals surface area contributed by atoms with Crippen molar-refractivity contribution in [1.29, 1.82) is 0 Å². The van der Waals surface area contributed by atoms with Gasteiger partial charge in [-0.25, -0.2) is 0 Å². The summed E-state index contributed by atoms with van der Waals surface area (Å²) >= 11 is 17.5. The summed E-state index contributed by atoms with van der Waals surface area (Å²) in [5, 5.41) is 12.2. The molecule has 2 aromatic carbocycles. The van der Waals surface area contributed by atoms with E-state index in [9.17, 15) is 18.7 Å². The maximum absolute atomic E-state index is 12.2. The van der Waals surface area contributed by atoms with Crippen molar-refractivity contribution in [2.75, 3.05) is 0 Å². The van der Waals surface area contributed by atoms with Crippen molar-refractivity contribution in [3.63, 3.8) is 0 Å². The highest BCUT2D eigenvalue weighted by atomic mass is 35.5. The zero-order chi connectivity index (χ0) is 17.9. The molecule has 0 aliphatic rings. The van der Waals surface area contributed by atoms with Crippen LogP contribution in [0.4, 0.5) is 8.78 Å². The van der Waals surface area contributed by atoms with E-state index in [1.54, 1.807) is 0 Å². The van der Waals surface area contributed by atoms with Crippen molar-refractivity contribution in [3.8, 4) is 11.5 Å². The van der Waals surface area contributed by atoms with E-state index >= 15 is 0 Å². The third kappa shape index (κ3) is 4.41. The Hall–Kier alpha value is -1.76. The number of benzene rings is 2. The molecule has 0 saturated heterocycles. The lowest BCUT2D eigenvalue weighted by molar-refractivity contribution is -0.0498. The van der Waals surface area contributed by atoms with E-state index in [4.69, 9.17) is 34.8 Å². The van der Waals surface area contributed by atoms with Crippen LogP contribution < -0.4 is 10.1 Å². The second kappa shape index (κ2) is 7.88. The first-order valence-corrected chi connectivity index (χ1v) is 7.61. The molecule has 0 unspecified atom stereocenters. The summed E-state index contributed by atoms with van der Waals surface area (Å²) in [5.74, 6) is -1.17. The number of halogens is 5. The van der Waals surface area contributed by atoms with E-state index in [0.717, 1.165) is 0 Å². The van der Waals surface area contributed by atoms with Crippen molar-refractivity contribution >= 4 is 40.7 Å². The SMILES string of the molecule is O=C(NCc1ccc(OC(F)F)cc1)c1c(O)c(Cl)cc(Cl)c1Cl. The van der Waals surface area contributed by atoms with Gasteiger partial charge in [-0.1, -0.05) is 46.9 Å². The number of carbonyl (C=O) groups excluding carboxylic acids is 1. The lowest BCUT2D eigenvalue weighted by atomic mass is 10.1. The highest BCUT2D eigenvalue weighted by molar-refractivity contribution is 6.45. The average molecular weight is 397 g/mol. The van der Waals surface area contributed by atoms with E-state index in [1.165, 1.54) is 30.3 Å². The van der Waals surface area contributed by atoms with E-state index in [0.29, 0.717) is 5.56 Å². The summed E-state index contributed by atoms with van der Waals surface area (Å²) < 4.78 is 28.4. The van der Waals surface area contributed by atoms with Gasteiger partial charge in [0.15, 0.2) is 0 Å². The molecule has 0 radical (unpaired) electrons. The summed E-state index contributed by atoms with van der Waals surface area (Å²) in [4.78, 5) is 12.2. The Labute approximate surface area is 150 Å². The fourth-order valence-electron chi connectivity index (χ4n) is 1.85. The van der Waals surface area contributed by atoms with Crippen LogP contribution in [-0.2, 0) is 6.54 Å². The molecular weight excluding hydrogens is 387 g/mol. The first-order chi connectivity index (χ1) is 11.3. The molecule has 0 heterocycles. The van der Waals surface area contributed by atoms with Crippen molar-refractivity contribution in [2.45, 2.75) is 13.2 Å². The van der Waals surface area contributed by atoms with E-state index in [-0.39, 0.29) is 32.9 Å². The Bertz CT molecular complexity index is 728. The third-order valence-corrected chi connectivity index (χ3v) is 4.05. The second-order valence-corrected chi connectivity index (χ2v) is 5.78. The van der Waals surface area contributed by atoms with Crippen molar-refractivity contribution in [1.82, 2.24) is 5.32 Å². The molecule has 0 aromatic heterocycles. The van der Waals surface area contributed by atoms with Crippen LogP contribution in [0.25, 0.3) is 0 Å². The minimum Gasteiger partial charge on any atom is -0.505 e. The number of hydrogen-bond donors (Lipinski definition) is 2. The van der Waals surface area contributed by atoms with Crippen LogP contribution in [0.5, 0.6) is 11.5 Å². The summed E-state index contributed by atoms with van der Waals surface area (Å²) in [6, 6.07) is 6.91. The molecule has 2 N–H and O–H groups in total. The first-order valence-electron chi connectivity index (χ1n) is 6.48. The molecule has 0 saturated carbocycles. The molecule has 0 aliphatic carbocycles. The molecule has 128 valence electrons. The van der Waals surface area contributed by atoms with Gasteiger partial charge in [0, 0.05) is 6.54 Å². The number of phenols is 1. The number of aromatic hydroxyl groups is 1. The highest BCUT2D eigenvalue weighted by Crippen LogP contribution is 2.38. The van der Waals surface area contributed by atoms with Gasteiger partial charge in [-0.15, -0.1) is 0 Å². The molecule has 2 aromatic rings. The minimum atomic E-state index is -2.91. The van der Waals surface area contributed by atoms with E-state index in [2.05, 4.69) is 10.1 Å². The molecule has 9 heteroatoms. The topological polar surface area (TPSA) is 58.6 Å². The Morgan fingerprint density at radius 3 is 2.38 bits per heavy atom. The smallest absolute Gasteiger partial charge is 0.387 e. The number of nitrogens with one attached hydrogen (secondary N) is 1. The fraction of sp³-hybridized carbons (Fsp3) is 0.133. The van der Waals surface area contributed by atoms with Gasteiger partial charge in [-0.05, 0) is 23.8 Å². The van der Waals surface area contributed by atoms with Gasteiger partial charge in [0.1, 0.15) is 17.1 Å². The largest absolute Gasteiger partial charge is 0.505 e. The number of ether oxygens (including phenoxy) is 1. The minimum absolute atomic E-state index is 0.00221. The van der Waals surface area contributed by atoms with Gasteiger partial charge >= 0.3 is 6.61 Å². The molecule has 0 spiro atoms. The first kappa shape index (κ1) is 18.6. The predicted octanol–water partition coefficient (Wildman–Crippen LogP) is 4.88. The van der Waals surface area contributed by atoms with Gasteiger partial charge < -0.3 is 15.2 Å². The molecular formula is C15H10Cl3F2NO3. The van der Waals surface area contributed by atoms with Crippen LogP contribution in [0.2, 0.25) is 15.1 Å². The van der Waals surface area contributed by atoms with Crippen LogP contribution in [0.3, 0.4) is 0 Å². The maximum Gasteiger partial charge on any atom is 0.387 e. The van der Waals surface area contributed by atoms with Crippen molar-refractivity contribution in [2.24, 2.45) is 0 Å².